The second-order valence-corrected chi connectivity index (χ2v) is 5.36. The summed E-state index contributed by atoms with van der Waals surface area (Å²) in [5.41, 5.74) is 1.42. The van der Waals surface area contributed by atoms with Crippen molar-refractivity contribution in [1.29, 1.82) is 0 Å². The molecule has 0 aromatic heterocycles. The van der Waals surface area contributed by atoms with Gasteiger partial charge in [0.1, 0.15) is 5.92 Å². The zero-order valence-electron chi connectivity index (χ0n) is 11.6. The summed E-state index contributed by atoms with van der Waals surface area (Å²) in [5, 5.41) is 12.5. The highest BCUT2D eigenvalue weighted by atomic mass is 16.5. The third kappa shape index (κ3) is 2.77. The number of carbonyl (C=O) groups excluding carboxylic acids is 1. The lowest BCUT2D eigenvalue weighted by Gasteiger charge is -2.25. The molecule has 2 aliphatic rings. The largest absolute Gasteiger partial charge is 0.481 e. The van der Waals surface area contributed by atoms with Gasteiger partial charge in [-0.25, -0.2) is 0 Å². The smallest absolute Gasteiger partial charge is 0.312 e. The number of para-hydroxylation sites is 1. The highest BCUT2D eigenvalue weighted by molar-refractivity contribution is 5.99. The maximum absolute atomic E-state index is 12.5. The average molecular weight is 290 g/mol. The number of hydrogen-bond acceptors (Lipinski definition) is 4. The number of benzene rings is 1. The Morgan fingerprint density at radius 3 is 2.90 bits per heavy atom. The number of carboxylic acids is 1. The molecule has 112 valence electrons. The van der Waals surface area contributed by atoms with E-state index in [9.17, 15) is 14.7 Å². The van der Waals surface area contributed by atoms with Crippen LogP contribution in [0.15, 0.2) is 24.3 Å². The van der Waals surface area contributed by atoms with Gasteiger partial charge in [0, 0.05) is 25.3 Å². The second-order valence-electron chi connectivity index (χ2n) is 5.36. The van der Waals surface area contributed by atoms with Crippen LogP contribution in [0.4, 0.5) is 5.69 Å². The topological polar surface area (TPSA) is 78.9 Å². The molecule has 1 fully saturated rings. The first-order chi connectivity index (χ1) is 10.2. The minimum Gasteiger partial charge on any atom is -0.481 e. The molecule has 3 rings (SSSR count). The van der Waals surface area contributed by atoms with Crippen molar-refractivity contribution < 1.29 is 19.4 Å². The van der Waals surface area contributed by atoms with E-state index in [1.54, 1.807) is 23.1 Å². The molecule has 2 aliphatic heterocycles. The third-order valence-corrected chi connectivity index (χ3v) is 3.97. The summed E-state index contributed by atoms with van der Waals surface area (Å²) in [5.74, 6) is -1.62. The van der Waals surface area contributed by atoms with Gasteiger partial charge in [0.15, 0.2) is 0 Å². The van der Waals surface area contributed by atoms with Gasteiger partial charge in [-0.2, -0.15) is 0 Å². The number of hydrogen-bond donors (Lipinski definition) is 2. The van der Waals surface area contributed by atoms with E-state index in [1.165, 1.54) is 0 Å². The Balaban J connectivity index is 1.76. The lowest BCUT2D eigenvalue weighted by Crippen LogP contribution is -2.42. The zero-order valence-corrected chi connectivity index (χ0v) is 11.6. The molecule has 21 heavy (non-hydrogen) atoms. The van der Waals surface area contributed by atoms with E-state index in [0.29, 0.717) is 24.4 Å². The standard InChI is InChI=1S/C15H18N2O4/c18-14(7-10-8-16-5-6-21-10)17-9-12(15(19)20)11-3-1-2-4-13(11)17/h1-4,10,12,16H,5-9H2,(H,19,20). The molecule has 1 amide bonds. The molecular formula is C15H18N2O4. The lowest BCUT2D eigenvalue weighted by atomic mass is 10.0. The van der Waals surface area contributed by atoms with Crippen molar-refractivity contribution >= 4 is 17.6 Å². The fraction of sp³-hybridized carbons (Fsp3) is 0.467. The molecule has 2 N–H and O–H groups in total. The first-order valence-corrected chi connectivity index (χ1v) is 7.11. The average Bonchev–Trinajstić information content (AvgIpc) is 2.88. The summed E-state index contributed by atoms with van der Waals surface area (Å²) >= 11 is 0. The number of nitrogens with one attached hydrogen (secondary N) is 1. The molecule has 0 saturated carbocycles. The number of carbonyl (C=O) groups is 2. The molecule has 0 aliphatic carbocycles. The minimum atomic E-state index is -0.895. The summed E-state index contributed by atoms with van der Waals surface area (Å²) in [6.07, 6.45) is 0.135. The van der Waals surface area contributed by atoms with Gasteiger partial charge in [0.2, 0.25) is 5.91 Å². The number of rotatable bonds is 3. The molecule has 0 spiro atoms. The van der Waals surface area contributed by atoms with E-state index in [4.69, 9.17) is 4.74 Å². The van der Waals surface area contributed by atoms with Crippen LogP contribution in [0.1, 0.15) is 17.9 Å². The van der Waals surface area contributed by atoms with E-state index in [-0.39, 0.29) is 25.0 Å². The molecular weight excluding hydrogens is 272 g/mol. The Hall–Kier alpha value is -1.92. The van der Waals surface area contributed by atoms with Crippen molar-refractivity contribution in [3.8, 4) is 0 Å². The van der Waals surface area contributed by atoms with E-state index >= 15 is 0 Å². The molecule has 2 atom stereocenters. The van der Waals surface area contributed by atoms with E-state index in [1.807, 2.05) is 6.07 Å². The van der Waals surface area contributed by atoms with Gasteiger partial charge in [-0.15, -0.1) is 0 Å². The van der Waals surface area contributed by atoms with Crippen LogP contribution in [0.5, 0.6) is 0 Å². The van der Waals surface area contributed by atoms with Crippen LogP contribution in [0.3, 0.4) is 0 Å². The number of fused-ring (bicyclic) bond motifs is 1. The Morgan fingerprint density at radius 1 is 1.38 bits per heavy atom. The van der Waals surface area contributed by atoms with E-state index in [2.05, 4.69) is 5.32 Å². The minimum absolute atomic E-state index is 0.0834. The highest BCUT2D eigenvalue weighted by Crippen LogP contribution is 2.36. The van der Waals surface area contributed by atoms with Crippen molar-refractivity contribution in [3.63, 3.8) is 0 Å². The molecule has 1 saturated heterocycles. The van der Waals surface area contributed by atoms with Gasteiger partial charge < -0.3 is 20.1 Å². The molecule has 6 nitrogen and oxygen atoms in total. The van der Waals surface area contributed by atoms with Gasteiger partial charge in [-0.3, -0.25) is 9.59 Å². The number of anilines is 1. The fourth-order valence-corrected chi connectivity index (χ4v) is 2.91. The lowest BCUT2D eigenvalue weighted by molar-refractivity contribution is -0.138. The molecule has 0 radical (unpaired) electrons. The Kier molecular flexibility index (Phi) is 3.90. The Bertz CT molecular complexity index is 554. The van der Waals surface area contributed by atoms with Gasteiger partial charge in [-0.1, -0.05) is 18.2 Å². The van der Waals surface area contributed by atoms with Crippen LogP contribution in [-0.2, 0) is 14.3 Å². The van der Waals surface area contributed by atoms with Crippen LogP contribution in [0.25, 0.3) is 0 Å². The maximum atomic E-state index is 12.5. The molecule has 0 bridgehead atoms. The predicted molar refractivity (Wildman–Crippen MR) is 76.4 cm³/mol. The van der Waals surface area contributed by atoms with Crippen molar-refractivity contribution in [1.82, 2.24) is 5.32 Å². The van der Waals surface area contributed by atoms with E-state index < -0.39 is 11.9 Å². The van der Waals surface area contributed by atoms with Crippen LogP contribution in [0, 0.1) is 0 Å². The van der Waals surface area contributed by atoms with Gasteiger partial charge >= 0.3 is 5.97 Å². The molecule has 1 aromatic carbocycles. The van der Waals surface area contributed by atoms with Gasteiger partial charge in [0.25, 0.3) is 0 Å². The summed E-state index contributed by atoms with van der Waals surface area (Å²) in [7, 11) is 0. The Morgan fingerprint density at radius 2 is 2.19 bits per heavy atom. The third-order valence-electron chi connectivity index (χ3n) is 3.97. The van der Waals surface area contributed by atoms with Crippen molar-refractivity contribution in [2.75, 3.05) is 31.1 Å². The van der Waals surface area contributed by atoms with Gasteiger partial charge in [-0.05, 0) is 11.6 Å². The fourth-order valence-electron chi connectivity index (χ4n) is 2.91. The van der Waals surface area contributed by atoms with Crippen LogP contribution < -0.4 is 10.2 Å². The predicted octanol–water partition coefficient (Wildman–Crippen LogP) is 0.580. The highest BCUT2D eigenvalue weighted by Gasteiger charge is 2.36. The first-order valence-electron chi connectivity index (χ1n) is 7.11. The van der Waals surface area contributed by atoms with Crippen LogP contribution in [-0.4, -0.2) is 49.3 Å². The van der Waals surface area contributed by atoms with Crippen molar-refractivity contribution in [2.24, 2.45) is 0 Å². The van der Waals surface area contributed by atoms with Crippen LogP contribution in [0.2, 0.25) is 0 Å². The SMILES string of the molecule is O=C(O)C1CN(C(=O)CC2CNCCO2)c2ccccc21. The number of morpholine rings is 1. The van der Waals surface area contributed by atoms with Crippen molar-refractivity contribution in [2.45, 2.75) is 18.4 Å². The number of aliphatic carboxylic acids is 1. The number of amides is 1. The van der Waals surface area contributed by atoms with Crippen LogP contribution >= 0.6 is 0 Å². The van der Waals surface area contributed by atoms with E-state index in [0.717, 1.165) is 6.54 Å². The van der Waals surface area contributed by atoms with Crippen molar-refractivity contribution in [3.05, 3.63) is 29.8 Å². The second kappa shape index (κ2) is 5.83. The summed E-state index contributed by atoms with van der Waals surface area (Å²) in [6.45, 7) is 2.27. The van der Waals surface area contributed by atoms with Gasteiger partial charge in [0.05, 0.1) is 19.1 Å². The number of nitrogens with zero attached hydrogens (tertiary/aromatic N) is 1. The molecule has 2 unspecified atom stereocenters. The molecule has 1 aromatic rings. The number of ether oxygens (including phenoxy) is 1. The molecule has 6 heteroatoms. The quantitative estimate of drug-likeness (QED) is 0.851. The summed E-state index contributed by atoms with van der Waals surface area (Å²) in [4.78, 5) is 25.4. The summed E-state index contributed by atoms with van der Waals surface area (Å²) < 4.78 is 5.54. The number of carboxylic acid groups (broad SMARTS) is 1. The normalized spacial score (nSPS) is 24.7. The monoisotopic (exact) mass is 290 g/mol. The maximum Gasteiger partial charge on any atom is 0.312 e. The Labute approximate surface area is 122 Å². The zero-order chi connectivity index (χ0) is 14.8. The first kappa shape index (κ1) is 14.0. The summed E-state index contributed by atoms with van der Waals surface area (Å²) in [6, 6.07) is 7.20. The molecule has 2 heterocycles.